The van der Waals surface area contributed by atoms with Crippen molar-refractivity contribution in [2.24, 2.45) is 0 Å². The van der Waals surface area contributed by atoms with E-state index in [4.69, 9.17) is 13.9 Å². The number of benzene rings is 1. The number of hydrogen-bond acceptors (Lipinski definition) is 6. The van der Waals surface area contributed by atoms with E-state index in [0.717, 1.165) is 37.3 Å². The normalized spacial score (nSPS) is 18.3. The molecule has 1 aromatic carbocycles. The van der Waals surface area contributed by atoms with Gasteiger partial charge in [0.15, 0.2) is 11.5 Å². The summed E-state index contributed by atoms with van der Waals surface area (Å²) >= 11 is 0. The van der Waals surface area contributed by atoms with Crippen LogP contribution >= 0.6 is 0 Å². The highest BCUT2D eigenvalue weighted by Gasteiger charge is 2.28. The third kappa shape index (κ3) is 3.32. The summed E-state index contributed by atoms with van der Waals surface area (Å²) in [5.41, 5.74) is 1.23. The Morgan fingerprint density at radius 2 is 1.96 bits per heavy atom. The van der Waals surface area contributed by atoms with E-state index >= 15 is 0 Å². The fourth-order valence-corrected chi connectivity index (χ4v) is 3.12. The minimum absolute atomic E-state index is 0.340. The van der Waals surface area contributed by atoms with Crippen LogP contribution in [0.5, 0.6) is 11.5 Å². The van der Waals surface area contributed by atoms with Crippen LogP contribution in [0.15, 0.2) is 22.6 Å². The van der Waals surface area contributed by atoms with Crippen molar-refractivity contribution in [3.63, 3.8) is 0 Å². The predicted octanol–water partition coefficient (Wildman–Crippen LogP) is 2.99. The zero-order chi connectivity index (χ0) is 16.2. The zero-order valence-electron chi connectivity index (χ0n) is 13.9. The first kappa shape index (κ1) is 15.8. The van der Waals surface area contributed by atoms with Crippen LogP contribution < -0.4 is 9.47 Å². The number of nitrogens with zero attached hydrogens (tertiary/aromatic N) is 3. The van der Waals surface area contributed by atoms with E-state index in [1.165, 1.54) is 5.56 Å². The molecule has 0 radical (unpaired) electrons. The van der Waals surface area contributed by atoms with Crippen molar-refractivity contribution in [2.75, 3.05) is 20.8 Å². The van der Waals surface area contributed by atoms with Gasteiger partial charge in [0.05, 0.1) is 20.8 Å². The van der Waals surface area contributed by atoms with Crippen molar-refractivity contribution < 1.29 is 13.9 Å². The topological polar surface area (TPSA) is 60.6 Å². The molecule has 124 valence electrons. The quantitative estimate of drug-likeness (QED) is 0.816. The zero-order valence-corrected chi connectivity index (χ0v) is 13.9. The number of likely N-dealkylation sites (tertiary alicyclic amines) is 1. The van der Waals surface area contributed by atoms with Gasteiger partial charge in [-0.2, -0.15) is 0 Å². The second-order valence-electron chi connectivity index (χ2n) is 5.69. The molecule has 0 aliphatic carbocycles. The van der Waals surface area contributed by atoms with Gasteiger partial charge < -0.3 is 13.9 Å². The van der Waals surface area contributed by atoms with E-state index in [1.807, 2.05) is 13.0 Å². The first-order valence-electron chi connectivity index (χ1n) is 8.02. The lowest BCUT2D eigenvalue weighted by molar-refractivity contribution is 0.221. The Balaban J connectivity index is 1.78. The van der Waals surface area contributed by atoms with Gasteiger partial charge in [0.25, 0.3) is 0 Å². The minimum atomic E-state index is 0.340. The number of aromatic nitrogens is 2. The largest absolute Gasteiger partial charge is 0.493 e. The molecule has 6 nitrogen and oxygen atoms in total. The third-order valence-corrected chi connectivity index (χ3v) is 4.31. The SMILES string of the molecule is CCc1nnc(CN2CCCC2c2ccc(OC)c(OC)c2)o1. The van der Waals surface area contributed by atoms with Gasteiger partial charge in [0.2, 0.25) is 11.8 Å². The molecule has 1 aliphatic heterocycles. The van der Waals surface area contributed by atoms with Gasteiger partial charge in [0, 0.05) is 12.5 Å². The summed E-state index contributed by atoms with van der Waals surface area (Å²) in [6.45, 7) is 3.73. The lowest BCUT2D eigenvalue weighted by atomic mass is 10.0. The Labute approximate surface area is 136 Å². The molecule has 0 saturated carbocycles. The summed E-state index contributed by atoms with van der Waals surface area (Å²) in [5.74, 6) is 2.91. The van der Waals surface area contributed by atoms with Gasteiger partial charge in [-0.15, -0.1) is 10.2 Å². The van der Waals surface area contributed by atoms with Gasteiger partial charge in [-0.05, 0) is 37.1 Å². The first-order valence-corrected chi connectivity index (χ1v) is 8.02. The van der Waals surface area contributed by atoms with Crippen LogP contribution in [0.25, 0.3) is 0 Å². The standard InChI is InChI=1S/C17H23N3O3/c1-4-16-18-19-17(23-16)11-20-9-5-6-13(20)12-7-8-14(21-2)15(10-12)22-3/h7-8,10,13H,4-6,9,11H2,1-3H3. The molecular weight excluding hydrogens is 294 g/mol. The lowest BCUT2D eigenvalue weighted by Gasteiger charge is -2.24. The average Bonchev–Trinajstić information content (AvgIpc) is 3.23. The molecule has 1 saturated heterocycles. The molecule has 0 bridgehead atoms. The Kier molecular flexibility index (Phi) is 4.81. The van der Waals surface area contributed by atoms with Crippen molar-refractivity contribution in [1.82, 2.24) is 15.1 Å². The van der Waals surface area contributed by atoms with Gasteiger partial charge in [-0.1, -0.05) is 13.0 Å². The van der Waals surface area contributed by atoms with Crippen molar-refractivity contribution >= 4 is 0 Å². The van der Waals surface area contributed by atoms with E-state index in [-0.39, 0.29) is 0 Å². The van der Waals surface area contributed by atoms with E-state index in [0.29, 0.717) is 24.4 Å². The van der Waals surface area contributed by atoms with Crippen LogP contribution in [-0.2, 0) is 13.0 Å². The van der Waals surface area contributed by atoms with Crippen LogP contribution in [0.4, 0.5) is 0 Å². The Hall–Kier alpha value is -2.08. The summed E-state index contributed by atoms with van der Waals surface area (Å²) in [6, 6.07) is 6.47. The van der Waals surface area contributed by atoms with Crippen molar-refractivity contribution in [2.45, 2.75) is 38.8 Å². The molecule has 0 spiro atoms. The Morgan fingerprint density at radius 3 is 2.65 bits per heavy atom. The van der Waals surface area contributed by atoms with E-state index in [9.17, 15) is 0 Å². The molecule has 0 amide bonds. The van der Waals surface area contributed by atoms with Gasteiger partial charge in [-0.25, -0.2) is 0 Å². The van der Waals surface area contributed by atoms with Crippen molar-refractivity contribution in [3.8, 4) is 11.5 Å². The summed E-state index contributed by atoms with van der Waals surface area (Å²) in [6.07, 6.45) is 3.05. The van der Waals surface area contributed by atoms with Crippen LogP contribution in [-0.4, -0.2) is 35.9 Å². The third-order valence-electron chi connectivity index (χ3n) is 4.31. The number of aryl methyl sites for hydroxylation is 1. The van der Waals surface area contributed by atoms with E-state index in [2.05, 4.69) is 27.2 Å². The highest BCUT2D eigenvalue weighted by atomic mass is 16.5. The van der Waals surface area contributed by atoms with Crippen molar-refractivity contribution in [1.29, 1.82) is 0 Å². The smallest absolute Gasteiger partial charge is 0.230 e. The lowest BCUT2D eigenvalue weighted by Crippen LogP contribution is -2.23. The maximum Gasteiger partial charge on any atom is 0.230 e. The Bertz CT molecular complexity index is 656. The van der Waals surface area contributed by atoms with Crippen LogP contribution in [0.2, 0.25) is 0 Å². The van der Waals surface area contributed by atoms with Gasteiger partial charge in [-0.3, -0.25) is 4.90 Å². The molecule has 6 heteroatoms. The summed E-state index contributed by atoms with van der Waals surface area (Å²) in [4.78, 5) is 2.38. The highest BCUT2D eigenvalue weighted by Crippen LogP contribution is 2.37. The van der Waals surface area contributed by atoms with Crippen LogP contribution in [0.3, 0.4) is 0 Å². The second-order valence-corrected chi connectivity index (χ2v) is 5.69. The molecule has 2 heterocycles. The van der Waals surface area contributed by atoms with Gasteiger partial charge in [0.1, 0.15) is 0 Å². The molecular formula is C17H23N3O3. The molecule has 1 aliphatic rings. The Morgan fingerprint density at radius 1 is 1.17 bits per heavy atom. The molecule has 1 unspecified atom stereocenters. The molecule has 23 heavy (non-hydrogen) atoms. The first-order chi connectivity index (χ1) is 11.2. The minimum Gasteiger partial charge on any atom is -0.493 e. The van der Waals surface area contributed by atoms with Gasteiger partial charge >= 0.3 is 0 Å². The van der Waals surface area contributed by atoms with Crippen LogP contribution in [0, 0.1) is 0 Å². The molecule has 1 fully saturated rings. The predicted molar refractivity (Wildman–Crippen MR) is 85.6 cm³/mol. The molecule has 1 atom stereocenters. The second kappa shape index (κ2) is 7.00. The maximum atomic E-state index is 5.65. The number of ether oxygens (including phenoxy) is 2. The molecule has 2 aromatic rings. The average molecular weight is 317 g/mol. The molecule has 1 aromatic heterocycles. The number of rotatable bonds is 6. The summed E-state index contributed by atoms with van der Waals surface area (Å²) in [5, 5.41) is 8.18. The van der Waals surface area contributed by atoms with Crippen LogP contribution in [0.1, 0.15) is 43.2 Å². The molecule has 0 N–H and O–H groups in total. The van der Waals surface area contributed by atoms with E-state index in [1.54, 1.807) is 14.2 Å². The monoisotopic (exact) mass is 317 g/mol. The number of methoxy groups -OCH3 is 2. The maximum absolute atomic E-state index is 5.65. The number of hydrogen-bond donors (Lipinski definition) is 0. The molecule has 3 rings (SSSR count). The summed E-state index contributed by atoms with van der Waals surface area (Å²) < 4.78 is 16.4. The van der Waals surface area contributed by atoms with E-state index < -0.39 is 0 Å². The fraction of sp³-hybridized carbons (Fsp3) is 0.529. The van der Waals surface area contributed by atoms with Crippen molar-refractivity contribution in [3.05, 3.63) is 35.5 Å². The fourth-order valence-electron chi connectivity index (χ4n) is 3.12. The summed E-state index contributed by atoms with van der Waals surface area (Å²) in [7, 11) is 3.32. The highest BCUT2D eigenvalue weighted by molar-refractivity contribution is 5.44.